The molecule has 1 aliphatic carbocycles. The van der Waals surface area contributed by atoms with Crippen molar-refractivity contribution in [1.29, 1.82) is 0 Å². The first-order valence-electron chi connectivity index (χ1n) is 8.41. The number of carbonyl (C=O) groups is 3. The molecule has 1 saturated carbocycles. The lowest BCUT2D eigenvalue weighted by molar-refractivity contribution is -0.129. The zero-order valence-electron chi connectivity index (χ0n) is 13.8. The van der Waals surface area contributed by atoms with Crippen LogP contribution in [0.5, 0.6) is 0 Å². The predicted molar refractivity (Wildman–Crippen MR) is 87.1 cm³/mol. The van der Waals surface area contributed by atoms with E-state index in [0.29, 0.717) is 18.5 Å². The fourth-order valence-corrected chi connectivity index (χ4v) is 2.67. The second-order valence-electron chi connectivity index (χ2n) is 6.45. The van der Waals surface area contributed by atoms with Crippen molar-refractivity contribution in [2.75, 3.05) is 6.54 Å². The number of ether oxygens (including phenoxy) is 1. The molecule has 6 nitrogen and oxygen atoms in total. The Morgan fingerprint density at radius 3 is 2.58 bits per heavy atom. The first kappa shape index (κ1) is 16.5. The molecule has 2 aliphatic rings. The second kappa shape index (κ2) is 7.03. The number of benzene rings is 1. The average Bonchev–Trinajstić information content (AvgIpc) is 3.29. The van der Waals surface area contributed by atoms with Gasteiger partial charge in [-0.2, -0.15) is 0 Å². The van der Waals surface area contributed by atoms with E-state index >= 15 is 0 Å². The third-order valence-corrected chi connectivity index (χ3v) is 4.31. The topological polar surface area (TPSA) is 75.7 Å². The van der Waals surface area contributed by atoms with Crippen molar-refractivity contribution in [3.8, 4) is 0 Å². The van der Waals surface area contributed by atoms with Crippen LogP contribution in [0, 0.1) is 0 Å². The number of nitrogens with zero attached hydrogens (tertiary/aromatic N) is 1. The maximum Gasteiger partial charge on any atom is 0.338 e. The first-order valence-corrected chi connectivity index (χ1v) is 8.41. The average molecular weight is 330 g/mol. The molecule has 24 heavy (non-hydrogen) atoms. The van der Waals surface area contributed by atoms with Crippen molar-refractivity contribution in [1.82, 2.24) is 10.2 Å². The Bertz CT molecular complexity index is 637. The number of likely N-dealkylation sites (tertiary alicyclic amines) is 1. The monoisotopic (exact) mass is 330 g/mol. The van der Waals surface area contributed by atoms with Crippen molar-refractivity contribution in [2.45, 2.75) is 51.3 Å². The second-order valence-corrected chi connectivity index (χ2v) is 6.45. The Morgan fingerprint density at radius 2 is 2.00 bits per heavy atom. The molecule has 1 saturated heterocycles. The Kier molecular flexibility index (Phi) is 4.83. The van der Waals surface area contributed by atoms with E-state index in [1.165, 1.54) is 0 Å². The SMILES string of the molecule is C[C@@H](OC(=O)c1ccc(CN2CCCC2=O)cc1)C(=O)NC1CC1. The van der Waals surface area contributed by atoms with Crippen LogP contribution in [0.1, 0.15) is 48.5 Å². The molecule has 0 unspecified atom stereocenters. The molecule has 1 N–H and O–H groups in total. The maximum atomic E-state index is 12.1. The molecule has 2 fully saturated rings. The van der Waals surface area contributed by atoms with Crippen LogP contribution < -0.4 is 5.32 Å². The summed E-state index contributed by atoms with van der Waals surface area (Å²) in [6.07, 6.45) is 2.70. The van der Waals surface area contributed by atoms with Gasteiger partial charge in [0.15, 0.2) is 6.10 Å². The lowest BCUT2D eigenvalue weighted by atomic mass is 10.1. The fourth-order valence-electron chi connectivity index (χ4n) is 2.67. The maximum absolute atomic E-state index is 12.1. The summed E-state index contributed by atoms with van der Waals surface area (Å²) in [5, 5.41) is 2.81. The molecule has 1 heterocycles. The molecule has 0 aromatic heterocycles. The molecule has 2 amide bonds. The van der Waals surface area contributed by atoms with E-state index in [1.54, 1.807) is 19.1 Å². The lowest BCUT2D eigenvalue weighted by Crippen LogP contribution is -2.37. The van der Waals surface area contributed by atoms with Crippen molar-refractivity contribution in [3.63, 3.8) is 0 Å². The summed E-state index contributed by atoms with van der Waals surface area (Å²) in [6, 6.07) is 7.22. The molecular weight excluding hydrogens is 308 g/mol. The number of hydrogen-bond donors (Lipinski definition) is 1. The number of carbonyl (C=O) groups excluding carboxylic acids is 3. The van der Waals surface area contributed by atoms with Crippen LogP contribution in [0.4, 0.5) is 0 Å². The zero-order chi connectivity index (χ0) is 17.1. The van der Waals surface area contributed by atoms with Crippen LogP contribution in [-0.2, 0) is 20.9 Å². The third-order valence-electron chi connectivity index (χ3n) is 4.31. The highest BCUT2D eigenvalue weighted by Gasteiger charge is 2.27. The summed E-state index contributed by atoms with van der Waals surface area (Å²) in [7, 11) is 0. The Balaban J connectivity index is 1.53. The van der Waals surface area contributed by atoms with Gasteiger partial charge in [0.2, 0.25) is 5.91 Å². The van der Waals surface area contributed by atoms with Crippen molar-refractivity contribution in [3.05, 3.63) is 35.4 Å². The van der Waals surface area contributed by atoms with Crippen LogP contribution in [0.25, 0.3) is 0 Å². The molecule has 1 aliphatic heterocycles. The molecule has 1 aromatic rings. The summed E-state index contributed by atoms with van der Waals surface area (Å²) in [5.41, 5.74) is 1.37. The van der Waals surface area contributed by atoms with E-state index in [4.69, 9.17) is 4.74 Å². The highest BCUT2D eigenvalue weighted by atomic mass is 16.5. The van der Waals surface area contributed by atoms with Gasteiger partial charge < -0.3 is 15.0 Å². The molecule has 0 radical (unpaired) electrons. The smallest absolute Gasteiger partial charge is 0.338 e. The van der Waals surface area contributed by atoms with Crippen molar-refractivity contribution < 1.29 is 19.1 Å². The van der Waals surface area contributed by atoms with Crippen LogP contribution in [0.2, 0.25) is 0 Å². The van der Waals surface area contributed by atoms with E-state index in [1.807, 2.05) is 17.0 Å². The van der Waals surface area contributed by atoms with Crippen LogP contribution in [0.3, 0.4) is 0 Å². The van der Waals surface area contributed by atoms with Gasteiger partial charge in [-0.05, 0) is 43.9 Å². The Hall–Kier alpha value is -2.37. The molecule has 6 heteroatoms. The molecule has 3 rings (SSSR count). The van der Waals surface area contributed by atoms with Crippen molar-refractivity contribution in [2.24, 2.45) is 0 Å². The summed E-state index contributed by atoms with van der Waals surface area (Å²) < 4.78 is 5.20. The van der Waals surface area contributed by atoms with E-state index in [2.05, 4.69) is 5.32 Å². The summed E-state index contributed by atoms with van der Waals surface area (Å²) in [6.45, 7) is 2.92. The number of amides is 2. The van der Waals surface area contributed by atoms with Crippen LogP contribution in [-0.4, -0.2) is 41.4 Å². The summed E-state index contributed by atoms with van der Waals surface area (Å²) >= 11 is 0. The number of rotatable bonds is 6. The van der Waals surface area contributed by atoms with Gasteiger partial charge in [0.05, 0.1) is 5.56 Å². The van der Waals surface area contributed by atoms with E-state index in [-0.39, 0.29) is 17.9 Å². The molecule has 0 bridgehead atoms. The minimum Gasteiger partial charge on any atom is -0.449 e. The van der Waals surface area contributed by atoms with Crippen LogP contribution in [0.15, 0.2) is 24.3 Å². The highest BCUT2D eigenvalue weighted by Crippen LogP contribution is 2.19. The molecule has 0 spiro atoms. The largest absolute Gasteiger partial charge is 0.449 e. The van der Waals surface area contributed by atoms with Gasteiger partial charge in [0.25, 0.3) is 5.91 Å². The van der Waals surface area contributed by atoms with E-state index in [0.717, 1.165) is 31.4 Å². The van der Waals surface area contributed by atoms with Gasteiger partial charge in [0.1, 0.15) is 0 Å². The molecule has 1 aromatic carbocycles. The van der Waals surface area contributed by atoms with E-state index < -0.39 is 12.1 Å². The van der Waals surface area contributed by atoms with Crippen molar-refractivity contribution >= 4 is 17.8 Å². The number of nitrogens with one attached hydrogen (secondary N) is 1. The molecule has 1 atom stereocenters. The minimum absolute atomic E-state index is 0.175. The highest BCUT2D eigenvalue weighted by molar-refractivity contribution is 5.92. The van der Waals surface area contributed by atoms with E-state index in [9.17, 15) is 14.4 Å². The first-order chi connectivity index (χ1) is 11.5. The number of esters is 1. The standard InChI is InChI=1S/C18H22N2O4/c1-12(17(22)19-15-8-9-15)24-18(23)14-6-4-13(5-7-14)11-20-10-2-3-16(20)21/h4-7,12,15H,2-3,8-11H2,1H3,(H,19,22)/t12-/m1/s1. The summed E-state index contributed by atoms with van der Waals surface area (Å²) in [4.78, 5) is 37.4. The van der Waals surface area contributed by atoms with Gasteiger partial charge in [-0.15, -0.1) is 0 Å². The van der Waals surface area contributed by atoms with Gasteiger partial charge in [0, 0.05) is 25.6 Å². The minimum atomic E-state index is -0.806. The summed E-state index contributed by atoms with van der Waals surface area (Å²) in [5.74, 6) is -0.596. The van der Waals surface area contributed by atoms with Gasteiger partial charge >= 0.3 is 5.97 Å². The van der Waals surface area contributed by atoms with Gasteiger partial charge in [-0.1, -0.05) is 12.1 Å². The zero-order valence-corrected chi connectivity index (χ0v) is 13.8. The molecule has 128 valence electrons. The Morgan fingerprint density at radius 1 is 1.29 bits per heavy atom. The van der Waals surface area contributed by atoms with Gasteiger partial charge in [-0.3, -0.25) is 9.59 Å². The third kappa shape index (κ3) is 4.13. The number of hydrogen-bond acceptors (Lipinski definition) is 4. The quantitative estimate of drug-likeness (QED) is 0.805. The fraction of sp³-hybridized carbons (Fsp3) is 0.500. The Labute approximate surface area is 141 Å². The lowest BCUT2D eigenvalue weighted by Gasteiger charge is -2.16. The predicted octanol–water partition coefficient (Wildman–Crippen LogP) is 1.63. The van der Waals surface area contributed by atoms with Crippen LogP contribution >= 0.6 is 0 Å². The molecular formula is C18H22N2O4. The van der Waals surface area contributed by atoms with Gasteiger partial charge in [-0.25, -0.2) is 4.79 Å². The normalized spacial score (nSPS) is 18.4.